The molecule has 1 aliphatic heterocycles. The summed E-state index contributed by atoms with van der Waals surface area (Å²) in [6.45, 7) is 4.19. The number of nitro benzene ring substituents is 1. The van der Waals surface area contributed by atoms with E-state index in [1.807, 2.05) is 24.3 Å². The van der Waals surface area contributed by atoms with Gasteiger partial charge in [-0.05, 0) is 30.5 Å². The van der Waals surface area contributed by atoms with E-state index in [0.717, 1.165) is 24.2 Å². The highest BCUT2D eigenvalue weighted by atomic mass is 16.6. The maximum Gasteiger partial charge on any atom is 0.270 e. The topological polar surface area (TPSA) is 81.5 Å². The van der Waals surface area contributed by atoms with Crippen molar-refractivity contribution in [2.24, 2.45) is 0 Å². The molecular weight excluding hydrogens is 356 g/mol. The Hall–Kier alpha value is -3.15. The second-order valence-electron chi connectivity index (χ2n) is 6.98. The Morgan fingerprint density at radius 3 is 2.71 bits per heavy atom. The number of fused-ring (bicyclic) bond motifs is 1. The van der Waals surface area contributed by atoms with Crippen LogP contribution in [0.2, 0.25) is 0 Å². The zero-order valence-electron chi connectivity index (χ0n) is 16.1. The molecule has 2 aromatic carbocycles. The summed E-state index contributed by atoms with van der Waals surface area (Å²) >= 11 is 0. The molecule has 6 heteroatoms. The first-order valence-corrected chi connectivity index (χ1v) is 9.47. The first kappa shape index (κ1) is 19.6. The normalized spacial score (nSPS) is 17.6. The summed E-state index contributed by atoms with van der Waals surface area (Å²) in [5.74, 6) is 0.569. The molecule has 1 atom stereocenters. The number of rotatable bonds is 6. The van der Waals surface area contributed by atoms with E-state index in [9.17, 15) is 14.9 Å². The molecule has 0 aromatic heterocycles. The largest absolute Gasteiger partial charge is 0.487 e. The number of hydrogen-bond acceptors (Lipinski definition) is 4. The summed E-state index contributed by atoms with van der Waals surface area (Å²) in [7, 11) is 0. The van der Waals surface area contributed by atoms with Crippen LogP contribution in [-0.2, 0) is 4.79 Å². The van der Waals surface area contributed by atoms with Gasteiger partial charge in [-0.1, -0.05) is 44.2 Å². The Morgan fingerprint density at radius 1 is 1.25 bits per heavy atom. The Bertz CT molecular complexity index is 903. The number of para-hydroxylation sites is 1. The lowest BCUT2D eigenvalue weighted by molar-refractivity contribution is -0.384. The number of ether oxygens (including phenoxy) is 1. The zero-order chi connectivity index (χ0) is 20.1. The second kappa shape index (κ2) is 8.25. The molecule has 0 fully saturated rings. The van der Waals surface area contributed by atoms with Gasteiger partial charge in [0, 0.05) is 30.2 Å². The second-order valence-corrected chi connectivity index (χ2v) is 6.98. The molecule has 3 rings (SSSR count). The quantitative estimate of drug-likeness (QED) is 0.443. The number of nitrogens with one attached hydrogen (secondary N) is 1. The molecule has 28 heavy (non-hydrogen) atoms. The predicted molar refractivity (Wildman–Crippen MR) is 108 cm³/mol. The summed E-state index contributed by atoms with van der Waals surface area (Å²) in [5.41, 5.74) is 1.28. The maximum atomic E-state index is 12.5. The van der Waals surface area contributed by atoms with Crippen molar-refractivity contribution in [1.29, 1.82) is 0 Å². The number of non-ortho nitro benzene ring substituents is 1. The fourth-order valence-corrected chi connectivity index (χ4v) is 3.56. The van der Waals surface area contributed by atoms with Gasteiger partial charge in [0.05, 0.1) is 11.0 Å². The van der Waals surface area contributed by atoms with Crippen LogP contribution in [0.15, 0.2) is 54.6 Å². The molecule has 1 amide bonds. The number of benzene rings is 2. The van der Waals surface area contributed by atoms with Crippen molar-refractivity contribution in [3.8, 4) is 5.75 Å². The van der Waals surface area contributed by atoms with Crippen LogP contribution in [0.3, 0.4) is 0 Å². The van der Waals surface area contributed by atoms with Crippen molar-refractivity contribution < 1.29 is 14.5 Å². The van der Waals surface area contributed by atoms with E-state index >= 15 is 0 Å². The van der Waals surface area contributed by atoms with E-state index in [-0.39, 0.29) is 23.2 Å². The van der Waals surface area contributed by atoms with Crippen molar-refractivity contribution >= 4 is 17.7 Å². The number of carbonyl (C=O) groups excluding carboxylic acids is 1. The molecule has 1 unspecified atom stereocenters. The molecule has 1 aliphatic rings. The molecule has 6 nitrogen and oxygen atoms in total. The molecule has 0 saturated carbocycles. The molecule has 0 bridgehead atoms. The van der Waals surface area contributed by atoms with E-state index in [0.29, 0.717) is 12.0 Å². The summed E-state index contributed by atoms with van der Waals surface area (Å²) in [6.07, 6.45) is 5.41. The van der Waals surface area contributed by atoms with E-state index in [1.54, 1.807) is 18.2 Å². The predicted octanol–water partition coefficient (Wildman–Crippen LogP) is 4.81. The lowest BCUT2D eigenvalue weighted by atomic mass is 9.83. The van der Waals surface area contributed by atoms with Crippen LogP contribution in [0.4, 0.5) is 5.69 Å². The fraction of sp³-hybridized carbons (Fsp3) is 0.318. The zero-order valence-corrected chi connectivity index (χ0v) is 16.1. The molecule has 2 aromatic rings. The molecule has 1 N–H and O–H groups in total. The van der Waals surface area contributed by atoms with Gasteiger partial charge < -0.3 is 10.1 Å². The fourth-order valence-electron chi connectivity index (χ4n) is 3.56. The van der Waals surface area contributed by atoms with Gasteiger partial charge in [-0.25, -0.2) is 0 Å². The highest BCUT2D eigenvalue weighted by Crippen LogP contribution is 2.42. The van der Waals surface area contributed by atoms with Gasteiger partial charge in [0.1, 0.15) is 11.4 Å². The molecule has 1 heterocycles. The summed E-state index contributed by atoms with van der Waals surface area (Å²) in [6, 6.07) is 13.8. The third-order valence-electron chi connectivity index (χ3n) is 5.31. The van der Waals surface area contributed by atoms with Gasteiger partial charge in [0.15, 0.2) is 0 Å². The van der Waals surface area contributed by atoms with Crippen LogP contribution in [0.5, 0.6) is 5.75 Å². The number of nitrogens with zero attached hydrogens (tertiary/aromatic N) is 1. The van der Waals surface area contributed by atoms with Gasteiger partial charge >= 0.3 is 0 Å². The Kier molecular flexibility index (Phi) is 5.78. The van der Waals surface area contributed by atoms with Crippen LogP contribution in [-0.4, -0.2) is 16.4 Å². The minimum Gasteiger partial charge on any atom is -0.487 e. The molecule has 0 radical (unpaired) electrons. The van der Waals surface area contributed by atoms with E-state index in [1.165, 1.54) is 18.2 Å². The van der Waals surface area contributed by atoms with E-state index < -0.39 is 4.92 Å². The standard InChI is InChI=1S/C22H24N2O4/c1-3-22(4-2)15-19(18-10-5-6-11-20(18)28-22)23-21(25)13-12-16-8-7-9-17(14-16)24(26)27/h5-14,19H,3-4,15H2,1-2H3,(H,23,25)/b13-12+. The average Bonchev–Trinajstić information content (AvgIpc) is 2.72. The Morgan fingerprint density at radius 2 is 2.00 bits per heavy atom. The van der Waals surface area contributed by atoms with Crippen LogP contribution in [0.1, 0.15) is 50.3 Å². The molecular formula is C22H24N2O4. The van der Waals surface area contributed by atoms with E-state index in [4.69, 9.17) is 4.74 Å². The lowest BCUT2D eigenvalue weighted by Crippen LogP contribution is -2.44. The highest BCUT2D eigenvalue weighted by molar-refractivity contribution is 5.92. The highest BCUT2D eigenvalue weighted by Gasteiger charge is 2.38. The summed E-state index contributed by atoms with van der Waals surface area (Å²) in [5, 5.41) is 13.9. The van der Waals surface area contributed by atoms with Crippen molar-refractivity contribution in [3.63, 3.8) is 0 Å². The Balaban J connectivity index is 1.77. The monoisotopic (exact) mass is 380 g/mol. The van der Waals surface area contributed by atoms with Crippen molar-refractivity contribution in [3.05, 3.63) is 75.8 Å². The van der Waals surface area contributed by atoms with Gasteiger partial charge in [0.25, 0.3) is 5.69 Å². The first-order chi connectivity index (χ1) is 13.5. The molecule has 146 valence electrons. The third kappa shape index (κ3) is 4.22. The number of amides is 1. The molecule has 0 spiro atoms. The Labute approximate surface area is 164 Å². The van der Waals surface area contributed by atoms with Gasteiger partial charge in [-0.2, -0.15) is 0 Å². The number of carbonyl (C=O) groups is 1. The van der Waals surface area contributed by atoms with Crippen LogP contribution in [0, 0.1) is 10.1 Å². The van der Waals surface area contributed by atoms with Crippen molar-refractivity contribution in [2.75, 3.05) is 0 Å². The summed E-state index contributed by atoms with van der Waals surface area (Å²) in [4.78, 5) is 23.0. The third-order valence-corrected chi connectivity index (χ3v) is 5.31. The smallest absolute Gasteiger partial charge is 0.270 e. The van der Waals surface area contributed by atoms with Crippen LogP contribution < -0.4 is 10.1 Å². The minimum atomic E-state index is -0.453. The lowest BCUT2D eigenvalue weighted by Gasteiger charge is -2.41. The molecule has 0 saturated heterocycles. The number of nitro groups is 1. The minimum absolute atomic E-state index is 0.00316. The van der Waals surface area contributed by atoms with Crippen molar-refractivity contribution in [1.82, 2.24) is 5.32 Å². The van der Waals surface area contributed by atoms with Gasteiger partial charge in [-0.15, -0.1) is 0 Å². The van der Waals surface area contributed by atoms with E-state index in [2.05, 4.69) is 19.2 Å². The molecule has 0 aliphatic carbocycles. The first-order valence-electron chi connectivity index (χ1n) is 9.47. The van der Waals surface area contributed by atoms with Crippen LogP contribution in [0.25, 0.3) is 6.08 Å². The maximum absolute atomic E-state index is 12.5. The van der Waals surface area contributed by atoms with Gasteiger partial charge in [0.2, 0.25) is 5.91 Å². The van der Waals surface area contributed by atoms with Gasteiger partial charge in [-0.3, -0.25) is 14.9 Å². The van der Waals surface area contributed by atoms with Crippen LogP contribution >= 0.6 is 0 Å². The average molecular weight is 380 g/mol. The number of hydrogen-bond donors (Lipinski definition) is 1. The SMILES string of the molecule is CCC1(CC)CC(NC(=O)/C=C/c2cccc([N+](=O)[O-])c2)c2ccccc2O1. The van der Waals surface area contributed by atoms with Crippen molar-refractivity contribution in [2.45, 2.75) is 44.8 Å². The summed E-state index contributed by atoms with van der Waals surface area (Å²) < 4.78 is 6.26.